The fraction of sp³-hybridized carbons (Fsp3) is 0.278. The van der Waals surface area contributed by atoms with E-state index in [1.165, 1.54) is 11.1 Å². The molecular formula is C18H20O. The Balaban J connectivity index is 2.30. The first kappa shape index (κ1) is 13.5. The molecule has 0 heterocycles. The normalized spacial score (nSPS) is 11.4. The zero-order valence-corrected chi connectivity index (χ0v) is 12.0. The maximum atomic E-state index is 11.2. The van der Waals surface area contributed by atoms with Gasteiger partial charge < -0.3 is 0 Å². The van der Waals surface area contributed by atoms with Crippen LogP contribution in [0.15, 0.2) is 48.5 Å². The van der Waals surface area contributed by atoms with E-state index in [2.05, 4.69) is 45.0 Å². The van der Waals surface area contributed by atoms with E-state index in [9.17, 15) is 4.79 Å². The molecule has 2 rings (SSSR count). The van der Waals surface area contributed by atoms with Crippen molar-refractivity contribution in [2.75, 3.05) is 0 Å². The molecule has 98 valence electrons. The van der Waals surface area contributed by atoms with Crippen molar-refractivity contribution in [2.45, 2.75) is 33.1 Å². The molecule has 0 N–H and O–H groups in total. The SMILES string of the molecule is CC(=O)c1ccc(-c2ccc(C(C)(C)C)cc2)cc1. The number of carbonyl (C=O) groups is 1. The number of carbonyl (C=O) groups excluding carboxylic acids is 1. The highest BCUT2D eigenvalue weighted by molar-refractivity contribution is 5.94. The summed E-state index contributed by atoms with van der Waals surface area (Å²) in [5.74, 6) is 0.106. The zero-order chi connectivity index (χ0) is 14.0. The van der Waals surface area contributed by atoms with Gasteiger partial charge >= 0.3 is 0 Å². The first-order valence-electron chi connectivity index (χ1n) is 6.60. The largest absolute Gasteiger partial charge is 0.295 e. The van der Waals surface area contributed by atoms with Crippen molar-refractivity contribution in [3.63, 3.8) is 0 Å². The molecule has 2 aromatic rings. The van der Waals surface area contributed by atoms with Crippen LogP contribution in [0.3, 0.4) is 0 Å². The van der Waals surface area contributed by atoms with Gasteiger partial charge in [-0.3, -0.25) is 4.79 Å². The molecular weight excluding hydrogens is 232 g/mol. The van der Waals surface area contributed by atoms with Gasteiger partial charge in [-0.2, -0.15) is 0 Å². The van der Waals surface area contributed by atoms with Crippen molar-refractivity contribution in [3.05, 3.63) is 59.7 Å². The van der Waals surface area contributed by atoms with Gasteiger partial charge in [-0.1, -0.05) is 69.3 Å². The third-order valence-electron chi connectivity index (χ3n) is 3.38. The molecule has 0 unspecified atom stereocenters. The fourth-order valence-electron chi connectivity index (χ4n) is 2.06. The molecule has 0 atom stereocenters. The lowest BCUT2D eigenvalue weighted by Gasteiger charge is -2.19. The lowest BCUT2D eigenvalue weighted by Crippen LogP contribution is -2.10. The molecule has 1 heteroatoms. The van der Waals surface area contributed by atoms with Crippen molar-refractivity contribution in [1.82, 2.24) is 0 Å². The number of hydrogen-bond donors (Lipinski definition) is 0. The first-order valence-corrected chi connectivity index (χ1v) is 6.60. The third-order valence-corrected chi connectivity index (χ3v) is 3.38. The summed E-state index contributed by atoms with van der Waals surface area (Å²) >= 11 is 0. The summed E-state index contributed by atoms with van der Waals surface area (Å²) in [7, 11) is 0. The smallest absolute Gasteiger partial charge is 0.159 e. The van der Waals surface area contributed by atoms with Crippen LogP contribution in [0.2, 0.25) is 0 Å². The zero-order valence-electron chi connectivity index (χ0n) is 12.0. The minimum absolute atomic E-state index is 0.106. The second-order valence-electron chi connectivity index (χ2n) is 5.96. The van der Waals surface area contributed by atoms with Crippen LogP contribution in [-0.2, 0) is 5.41 Å². The Bertz CT molecular complexity index is 569. The van der Waals surface area contributed by atoms with E-state index in [-0.39, 0.29) is 11.2 Å². The minimum Gasteiger partial charge on any atom is -0.295 e. The number of benzene rings is 2. The molecule has 0 spiro atoms. The number of Topliss-reactive ketones (excluding diaryl/α,β-unsaturated/α-hetero) is 1. The molecule has 0 fully saturated rings. The Morgan fingerprint density at radius 3 is 1.58 bits per heavy atom. The first-order chi connectivity index (χ1) is 8.88. The van der Waals surface area contributed by atoms with Crippen LogP contribution in [0.4, 0.5) is 0 Å². The van der Waals surface area contributed by atoms with Gasteiger partial charge in [0.15, 0.2) is 5.78 Å². The number of ketones is 1. The average Bonchev–Trinajstić information content (AvgIpc) is 2.38. The van der Waals surface area contributed by atoms with E-state index in [1.807, 2.05) is 24.3 Å². The molecule has 0 aliphatic heterocycles. The molecule has 0 bridgehead atoms. The lowest BCUT2D eigenvalue weighted by atomic mass is 9.86. The maximum Gasteiger partial charge on any atom is 0.159 e. The van der Waals surface area contributed by atoms with Crippen LogP contribution in [0.25, 0.3) is 11.1 Å². The second kappa shape index (κ2) is 5.00. The van der Waals surface area contributed by atoms with Gasteiger partial charge in [-0.15, -0.1) is 0 Å². The summed E-state index contributed by atoms with van der Waals surface area (Å²) in [5.41, 5.74) is 4.59. The molecule has 0 aromatic heterocycles. The van der Waals surface area contributed by atoms with Gasteiger partial charge in [-0.25, -0.2) is 0 Å². The minimum atomic E-state index is 0.106. The Hall–Kier alpha value is -1.89. The van der Waals surface area contributed by atoms with Crippen molar-refractivity contribution < 1.29 is 4.79 Å². The van der Waals surface area contributed by atoms with Crippen LogP contribution in [0.1, 0.15) is 43.6 Å². The molecule has 0 aliphatic rings. The average molecular weight is 252 g/mol. The van der Waals surface area contributed by atoms with E-state index in [0.29, 0.717) is 0 Å². The van der Waals surface area contributed by atoms with Crippen molar-refractivity contribution in [2.24, 2.45) is 0 Å². The number of hydrogen-bond acceptors (Lipinski definition) is 1. The fourth-order valence-corrected chi connectivity index (χ4v) is 2.06. The molecule has 19 heavy (non-hydrogen) atoms. The summed E-state index contributed by atoms with van der Waals surface area (Å²) in [5, 5.41) is 0. The Labute approximate surface area is 115 Å². The van der Waals surface area contributed by atoms with Gasteiger partial charge in [0, 0.05) is 5.56 Å². The van der Waals surface area contributed by atoms with E-state index < -0.39 is 0 Å². The summed E-state index contributed by atoms with van der Waals surface area (Å²) < 4.78 is 0. The molecule has 0 saturated carbocycles. The Morgan fingerprint density at radius 1 is 0.789 bits per heavy atom. The van der Waals surface area contributed by atoms with Gasteiger partial charge in [0.25, 0.3) is 0 Å². The second-order valence-corrected chi connectivity index (χ2v) is 5.96. The predicted octanol–water partition coefficient (Wildman–Crippen LogP) is 4.85. The van der Waals surface area contributed by atoms with Crippen LogP contribution in [0.5, 0.6) is 0 Å². The molecule has 2 aromatic carbocycles. The van der Waals surface area contributed by atoms with Gasteiger partial charge in [0.05, 0.1) is 0 Å². The summed E-state index contributed by atoms with van der Waals surface area (Å²) in [6.45, 7) is 8.23. The highest BCUT2D eigenvalue weighted by Gasteiger charge is 2.13. The highest BCUT2D eigenvalue weighted by Crippen LogP contribution is 2.26. The molecule has 1 nitrogen and oxygen atoms in total. The van der Waals surface area contributed by atoms with E-state index >= 15 is 0 Å². The Morgan fingerprint density at radius 2 is 1.21 bits per heavy atom. The van der Waals surface area contributed by atoms with Crippen molar-refractivity contribution in [1.29, 1.82) is 0 Å². The summed E-state index contributed by atoms with van der Waals surface area (Å²) in [6.07, 6.45) is 0. The third kappa shape index (κ3) is 3.11. The summed E-state index contributed by atoms with van der Waals surface area (Å²) in [4.78, 5) is 11.2. The Kier molecular flexibility index (Phi) is 3.57. The van der Waals surface area contributed by atoms with E-state index in [1.54, 1.807) is 6.92 Å². The molecule has 0 amide bonds. The topological polar surface area (TPSA) is 17.1 Å². The van der Waals surface area contributed by atoms with Gasteiger partial charge in [0.2, 0.25) is 0 Å². The van der Waals surface area contributed by atoms with E-state index in [4.69, 9.17) is 0 Å². The van der Waals surface area contributed by atoms with Crippen LogP contribution in [-0.4, -0.2) is 5.78 Å². The van der Waals surface area contributed by atoms with Crippen LogP contribution >= 0.6 is 0 Å². The van der Waals surface area contributed by atoms with Crippen LogP contribution < -0.4 is 0 Å². The lowest BCUT2D eigenvalue weighted by molar-refractivity contribution is 0.101. The predicted molar refractivity (Wildman–Crippen MR) is 80.6 cm³/mol. The van der Waals surface area contributed by atoms with Gasteiger partial charge in [-0.05, 0) is 29.0 Å². The molecule has 0 radical (unpaired) electrons. The highest BCUT2D eigenvalue weighted by atomic mass is 16.1. The maximum absolute atomic E-state index is 11.2. The summed E-state index contributed by atoms with van der Waals surface area (Å²) in [6, 6.07) is 16.4. The van der Waals surface area contributed by atoms with E-state index in [0.717, 1.165) is 11.1 Å². The van der Waals surface area contributed by atoms with Crippen molar-refractivity contribution in [3.8, 4) is 11.1 Å². The van der Waals surface area contributed by atoms with Gasteiger partial charge in [0.1, 0.15) is 0 Å². The quantitative estimate of drug-likeness (QED) is 0.698. The standard InChI is InChI=1S/C18H20O/c1-13(19)14-5-7-15(8-6-14)16-9-11-17(12-10-16)18(2,3)4/h5-12H,1-4H3. The monoisotopic (exact) mass is 252 g/mol. The molecule has 0 aliphatic carbocycles. The number of rotatable bonds is 2. The molecule has 0 saturated heterocycles. The van der Waals surface area contributed by atoms with Crippen molar-refractivity contribution >= 4 is 5.78 Å². The van der Waals surface area contributed by atoms with Crippen LogP contribution in [0, 0.1) is 0 Å².